The zero-order valence-corrected chi connectivity index (χ0v) is 7.80. The van der Waals surface area contributed by atoms with Crippen LogP contribution in [-0.4, -0.2) is 4.57 Å². The van der Waals surface area contributed by atoms with E-state index in [4.69, 9.17) is 16.6 Å². The first kappa shape index (κ1) is 8.19. The third kappa shape index (κ3) is 1.19. The predicted molar refractivity (Wildman–Crippen MR) is 52.3 cm³/mol. The Morgan fingerprint density at radius 3 is 2.85 bits per heavy atom. The van der Waals surface area contributed by atoms with Crippen molar-refractivity contribution in [2.45, 2.75) is 0 Å². The molecule has 4 heteroatoms. The number of hydrogen-bond donors (Lipinski definition) is 0. The van der Waals surface area contributed by atoms with Gasteiger partial charge in [-0.05, 0) is 12.1 Å². The van der Waals surface area contributed by atoms with Gasteiger partial charge in [0, 0.05) is 7.05 Å². The second-order valence-corrected chi connectivity index (χ2v) is 3.11. The van der Waals surface area contributed by atoms with E-state index in [9.17, 15) is 4.79 Å². The van der Waals surface area contributed by atoms with Crippen LogP contribution in [0.1, 0.15) is 0 Å². The van der Waals surface area contributed by atoms with E-state index in [0.29, 0.717) is 10.2 Å². The summed E-state index contributed by atoms with van der Waals surface area (Å²) in [6.45, 7) is 0. The molecule has 1 aromatic heterocycles. The van der Waals surface area contributed by atoms with Gasteiger partial charge in [0.15, 0.2) is 0 Å². The fourth-order valence-electron chi connectivity index (χ4n) is 1.16. The largest absolute Gasteiger partial charge is 0.420 e. The van der Waals surface area contributed by atoms with Crippen LogP contribution in [0.2, 0.25) is 0 Å². The lowest BCUT2D eigenvalue weighted by atomic mass is 10.3. The minimum absolute atomic E-state index is 0.427. The molecule has 0 N–H and O–H groups in total. The van der Waals surface area contributed by atoms with E-state index < -0.39 is 5.76 Å². The molecule has 0 aliphatic heterocycles. The van der Waals surface area contributed by atoms with Crippen LogP contribution in [0.5, 0.6) is 0 Å². The van der Waals surface area contributed by atoms with Crippen LogP contribution in [0, 0.1) is 4.64 Å². The molecular weight excluding hydrogens is 186 g/mol. The molecule has 2 rings (SSSR count). The summed E-state index contributed by atoms with van der Waals surface area (Å²) in [6.07, 6.45) is 0. The first-order chi connectivity index (χ1) is 6.20. The summed E-state index contributed by atoms with van der Waals surface area (Å²) in [5, 5.41) is 0.791. The fourth-order valence-corrected chi connectivity index (χ4v) is 1.40. The molecule has 0 unspecified atom stereocenters. The van der Waals surface area contributed by atoms with E-state index in [2.05, 4.69) is 0 Å². The highest BCUT2D eigenvalue weighted by Crippen LogP contribution is 2.11. The third-order valence-electron chi connectivity index (χ3n) is 1.89. The van der Waals surface area contributed by atoms with E-state index in [1.807, 2.05) is 12.1 Å². The van der Waals surface area contributed by atoms with Crippen molar-refractivity contribution in [3.05, 3.63) is 39.5 Å². The third-order valence-corrected chi connectivity index (χ3v) is 2.39. The number of hydrogen-bond acceptors (Lipinski definition) is 3. The topological polar surface area (TPSA) is 35.1 Å². The van der Waals surface area contributed by atoms with E-state index in [1.54, 1.807) is 19.2 Å². The summed E-state index contributed by atoms with van der Waals surface area (Å²) in [4.78, 5) is 11.2. The van der Waals surface area contributed by atoms with Gasteiger partial charge in [0.2, 0.25) is 0 Å². The van der Waals surface area contributed by atoms with Gasteiger partial charge in [-0.1, -0.05) is 24.4 Å². The Labute approximate surface area is 79.2 Å². The molecule has 0 saturated heterocycles. The van der Waals surface area contributed by atoms with Crippen molar-refractivity contribution in [1.82, 2.24) is 4.57 Å². The number of aromatic nitrogens is 1. The molecule has 0 saturated carbocycles. The molecule has 13 heavy (non-hydrogen) atoms. The van der Waals surface area contributed by atoms with Gasteiger partial charge >= 0.3 is 5.76 Å². The number of nitrogens with zero attached hydrogens (tertiary/aromatic N) is 1. The summed E-state index contributed by atoms with van der Waals surface area (Å²) in [6, 6.07) is 7.23. The maximum absolute atomic E-state index is 11.2. The van der Waals surface area contributed by atoms with Gasteiger partial charge in [0.05, 0.1) is 5.39 Å². The van der Waals surface area contributed by atoms with Gasteiger partial charge in [-0.25, -0.2) is 4.79 Å². The molecule has 66 valence electrons. The second-order valence-electron chi connectivity index (χ2n) is 2.73. The Bertz CT molecular complexity index is 568. The zero-order valence-electron chi connectivity index (χ0n) is 6.98. The molecular formula is C9H7NO2S. The minimum atomic E-state index is -0.427. The Hall–Kier alpha value is -1.42. The Morgan fingerprint density at radius 1 is 1.38 bits per heavy atom. The molecule has 0 amide bonds. The molecule has 0 bridgehead atoms. The smallest absolute Gasteiger partial charge is 0.409 e. The summed E-state index contributed by atoms with van der Waals surface area (Å²) < 4.78 is 6.84. The van der Waals surface area contributed by atoms with E-state index >= 15 is 0 Å². The van der Waals surface area contributed by atoms with Gasteiger partial charge in [0.25, 0.3) is 0 Å². The van der Waals surface area contributed by atoms with Gasteiger partial charge < -0.3 is 4.42 Å². The molecule has 3 nitrogen and oxygen atoms in total. The first-order valence-electron chi connectivity index (χ1n) is 3.79. The maximum atomic E-state index is 11.2. The van der Waals surface area contributed by atoms with Crippen LogP contribution in [0.3, 0.4) is 0 Å². The van der Waals surface area contributed by atoms with Crippen molar-refractivity contribution >= 4 is 23.2 Å². The highest BCUT2D eigenvalue weighted by atomic mass is 32.1. The Balaban J connectivity index is 3.12. The van der Waals surface area contributed by atoms with Crippen molar-refractivity contribution in [3.63, 3.8) is 0 Å². The number of para-hydroxylation sites is 1. The van der Waals surface area contributed by atoms with Gasteiger partial charge in [-0.2, -0.15) is 0 Å². The molecule has 0 spiro atoms. The van der Waals surface area contributed by atoms with Gasteiger partial charge in [0.1, 0.15) is 10.2 Å². The molecule has 0 aliphatic rings. The average Bonchev–Trinajstić information content (AvgIpc) is 2.15. The number of rotatable bonds is 0. The van der Waals surface area contributed by atoms with Gasteiger partial charge in [-0.3, -0.25) is 4.57 Å². The lowest BCUT2D eigenvalue weighted by molar-refractivity contribution is 0.489. The van der Waals surface area contributed by atoms with Crippen molar-refractivity contribution in [1.29, 1.82) is 0 Å². The highest BCUT2D eigenvalue weighted by Gasteiger charge is 2.01. The lowest BCUT2D eigenvalue weighted by Gasteiger charge is -1.99. The quantitative estimate of drug-likeness (QED) is 0.599. The monoisotopic (exact) mass is 193 g/mol. The van der Waals surface area contributed by atoms with E-state index in [0.717, 1.165) is 5.39 Å². The summed E-state index contributed by atoms with van der Waals surface area (Å²) in [5.74, 6) is -0.427. The average molecular weight is 193 g/mol. The molecule has 0 atom stereocenters. The highest BCUT2D eigenvalue weighted by molar-refractivity contribution is 7.71. The normalized spacial score (nSPS) is 10.5. The summed E-state index contributed by atoms with van der Waals surface area (Å²) >= 11 is 5.09. The van der Waals surface area contributed by atoms with E-state index in [-0.39, 0.29) is 0 Å². The maximum Gasteiger partial charge on any atom is 0.420 e. The zero-order chi connectivity index (χ0) is 9.42. The van der Waals surface area contributed by atoms with Crippen LogP contribution in [-0.2, 0) is 7.05 Å². The van der Waals surface area contributed by atoms with Gasteiger partial charge in [-0.15, -0.1) is 0 Å². The van der Waals surface area contributed by atoms with Crippen LogP contribution in [0.4, 0.5) is 0 Å². The van der Waals surface area contributed by atoms with Crippen molar-refractivity contribution in [2.24, 2.45) is 7.05 Å². The Morgan fingerprint density at radius 2 is 2.08 bits per heavy atom. The molecule has 2 aromatic rings. The van der Waals surface area contributed by atoms with Crippen molar-refractivity contribution < 1.29 is 4.42 Å². The SMILES string of the molecule is Cn1c(=O)oc2ccccc2c1=S. The molecule has 0 fully saturated rings. The molecule has 0 radical (unpaired) electrons. The van der Waals surface area contributed by atoms with E-state index in [1.165, 1.54) is 4.57 Å². The molecule has 0 aliphatic carbocycles. The Kier molecular flexibility index (Phi) is 1.77. The lowest BCUT2D eigenvalue weighted by Crippen LogP contribution is -2.15. The van der Waals surface area contributed by atoms with Crippen LogP contribution < -0.4 is 5.76 Å². The fraction of sp³-hybridized carbons (Fsp3) is 0.111. The van der Waals surface area contributed by atoms with Crippen LogP contribution in [0.25, 0.3) is 11.0 Å². The van der Waals surface area contributed by atoms with Crippen molar-refractivity contribution in [3.8, 4) is 0 Å². The predicted octanol–water partition coefficient (Wildman–Crippen LogP) is 1.86. The minimum Gasteiger partial charge on any atom is -0.409 e. The standard InChI is InChI=1S/C9H7NO2S/c1-10-8(13)6-4-2-3-5-7(6)12-9(10)11/h2-5H,1H3. The number of benzene rings is 1. The molecule has 1 aromatic carbocycles. The van der Waals surface area contributed by atoms with Crippen LogP contribution in [0.15, 0.2) is 33.5 Å². The summed E-state index contributed by atoms with van der Waals surface area (Å²) in [7, 11) is 1.60. The second kappa shape index (κ2) is 2.81. The first-order valence-corrected chi connectivity index (χ1v) is 4.20. The summed E-state index contributed by atoms with van der Waals surface area (Å²) in [5.41, 5.74) is 0.538. The molecule has 1 heterocycles. The van der Waals surface area contributed by atoms with Crippen LogP contribution >= 0.6 is 12.2 Å². The number of fused-ring (bicyclic) bond motifs is 1. The van der Waals surface area contributed by atoms with Crippen molar-refractivity contribution in [2.75, 3.05) is 0 Å².